The van der Waals surface area contributed by atoms with E-state index in [0.717, 1.165) is 0 Å². The third-order valence-electron chi connectivity index (χ3n) is 2.00. The zero-order chi connectivity index (χ0) is 11.7. The molecule has 17 heavy (non-hydrogen) atoms. The maximum absolute atomic E-state index is 5.84. The van der Waals surface area contributed by atoms with E-state index in [1.54, 1.807) is 36.9 Å². The summed E-state index contributed by atoms with van der Waals surface area (Å²) in [6.45, 7) is 0. The minimum atomic E-state index is 0.0935. The van der Waals surface area contributed by atoms with Crippen molar-refractivity contribution in [1.29, 1.82) is 0 Å². The molecule has 0 N–H and O–H groups in total. The zero-order valence-electron chi connectivity index (χ0n) is 8.47. The van der Waals surface area contributed by atoms with Crippen LogP contribution in [0.25, 0.3) is 11.9 Å². The Morgan fingerprint density at radius 2 is 1.35 bits per heavy atom. The van der Waals surface area contributed by atoms with Gasteiger partial charge in [0.2, 0.25) is 5.28 Å². The minimum absolute atomic E-state index is 0.0935. The van der Waals surface area contributed by atoms with Crippen molar-refractivity contribution in [2.24, 2.45) is 0 Å². The molecule has 3 heterocycles. The summed E-state index contributed by atoms with van der Waals surface area (Å²) < 4.78 is 3.00. The van der Waals surface area contributed by atoms with Gasteiger partial charge in [0.1, 0.15) is 0 Å². The summed E-state index contributed by atoms with van der Waals surface area (Å²) in [5.41, 5.74) is 0. The van der Waals surface area contributed by atoms with Gasteiger partial charge in [0.05, 0.1) is 0 Å². The fourth-order valence-corrected chi connectivity index (χ4v) is 1.46. The van der Waals surface area contributed by atoms with Crippen LogP contribution >= 0.6 is 11.6 Å². The summed E-state index contributed by atoms with van der Waals surface area (Å²) in [5, 5.41) is 8.14. The molecule has 0 atom stereocenters. The van der Waals surface area contributed by atoms with Crippen LogP contribution in [-0.2, 0) is 0 Å². The van der Waals surface area contributed by atoms with Crippen molar-refractivity contribution in [3.05, 3.63) is 42.2 Å². The first-order valence-electron chi connectivity index (χ1n) is 4.74. The molecule has 0 amide bonds. The lowest BCUT2D eigenvalue weighted by molar-refractivity contribution is 0.744. The summed E-state index contributed by atoms with van der Waals surface area (Å²) in [4.78, 5) is 12.2. The van der Waals surface area contributed by atoms with E-state index in [4.69, 9.17) is 11.6 Å². The predicted octanol–water partition coefficient (Wildman–Crippen LogP) is 0.896. The molecule has 0 bridgehead atoms. The highest BCUT2D eigenvalue weighted by Gasteiger charge is 2.08. The summed E-state index contributed by atoms with van der Waals surface area (Å²) in [5.74, 6) is 0.695. The molecule has 0 saturated carbocycles. The average Bonchev–Trinajstić information content (AvgIpc) is 3.02. The van der Waals surface area contributed by atoms with E-state index in [1.807, 2.05) is 0 Å². The first-order chi connectivity index (χ1) is 8.33. The fraction of sp³-hybridized carbons (Fsp3) is 0. The fourth-order valence-electron chi connectivity index (χ4n) is 1.31. The van der Waals surface area contributed by atoms with E-state index in [9.17, 15) is 0 Å². The van der Waals surface area contributed by atoms with Gasteiger partial charge >= 0.3 is 0 Å². The van der Waals surface area contributed by atoms with Crippen LogP contribution in [0.4, 0.5) is 0 Å². The van der Waals surface area contributed by atoms with E-state index < -0.39 is 0 Å². The first kappa shape index (κ1) is 9.91. The van der Waals surface area contributed by atoms with Gasteiger partial charge in [-0.1, -0.05) is 0 Å². The van der Waals surface area contributed by atoms with Crippen molar-refractivity contribution in [2.75, 3.05) is 0 Å². The molecule has 0 spiro atoms. The van der Waals surface area contributed by atoms with Crippen molar-refractivity contribution in [3.8, 4) is 11.9 Å². The van der Waals surface area contributed by atoms with E-state index >= 15 is 0 Å². The van der Waals surface area contributed by atoms with E-state index in [1.165, 1.54) is 9.36 Å². The standard InChI is InChI=1S/C9H6ClN7/c10-7-13-8(16-5-1-3-11-16)15-9(14-7)17-6-2-4-12-17/h1-6H. The summed E-state index contributed by atoms with van der Waals surface area (Å²) in [6, 6.07) is 3.54. The second kappa shape index (κ2) is 3.95. The number of nitrogens with zero attached hydrogens (tertiary/aromatic N) is 7. The molecular formula is C9H6ClN7. The van der Waals surface area contributed by atoms with Crippen LogP contribution in [0, 0.1) is 0 Å². The number of hydrogen-bond acceptors (Lipinski definition) is 5. The van der Waals surface area contributed by atoms with Crippen molar-refractivity contribution >= 4 is 11.6 Å². The van der Waals surface area contributed by atoms with E-state index in [2.05, 4.69) is 25.1 Å². The Balaban J connectivity index is 2.13. The minimum Gasteiger partial charge on any atom is -0.206 e. The molecule has 0 aromatic carbocycles. The van der Waals surface area contributed by atoms with Gasteiger partial charge in [0.15, 0.2) is 0 Å². The first-order valence-corrected chi connectivity index (χ1v) is 5.12. The van der Waals surface area contributed by atoms with Crippen molar-refractivity contribution < 1.29 is 0 Å². The molecule has 0 aliphatic heterocycles. The third-order valence-corrected chi connectivity index (χ3v) is 2.17. The Kier molecular flexibility index (Phi) is 2.30. The number of rotatable bonds is 2. The lowest BCUT2D eigenvalue weighted by Gasteiger charge is -2.03. The maximum atomic E-state index is 5.84. The Morgan fingerprint density at radius 3 is 1.76 bits per heavy atom. The van der Waals surface area contributed by atoms with Gasteiger partial charge in [0, 0.05) is 24.8 Å². The van der Waals surface area contributed by atoms with E-state index in [-0.39, 0.29) is 5.28 Å². The Labute approximate surface area is 101 Å². The smallest absolute Gasteiger partial charge is 0.206 e. The Morgan fingerprint density at radius 1 is 0.824 bits per heavy atom. The Hall–Kier alpha value is -2.28. The molecular weight excluding hydrogens is 242 g/mol. The van der Waals surface area contributed by atoms with Gasteiger partial charge in [-0.2, -0.15) is 25.1 Å². The molecule has 8 heteroatoms. The van der Waals surface area contributed by atoms with Crippen LogP contribution in [0.5, 0.6) is 0 Å². The highest BCUT2D eigenvalue weighted by Crippen LogP contribution is 2.08. The summed E-state index contributed by atoms with van der Waals surface area (Å²) >= 11 is 5.84. The molecule has 84 valence electrons. The van der Waals surface area contributed by atoms with Crippen molar-refractivity contribution in [2.45, 2.75) is 0 Å². The Bertz CT molecular complexity index is 564. The number of hydrogen-bond donors (Lipinski definition) is 0. The molecule has 0 fully saturated rings. The number of aromatic nitrogens is 7. The van der Waals surface area contributed by atoms with Gasteiger partial charge in [0.25, 0.3) is 11.9 Å². The molecule has 0 aliphatic rings. The highest BCUT2D eigenvalue weighted by molar-refractivity contribution is 6.28. The molecule has 0 radical (unpaired) electrons. The normalized spacial score (nSPS) is 10.6. The molecule has 3 aromatic heterocycles. The van der Waals surface area contributed by atoms with Crippen molar-refractivity contribution in [3.63, 3.8) is 0 Å². The van der Waals surface area contributed by atoms with Crippen LogP contribution in [-0.4, -0.2) is 34.5 Å². The summed E-state index contributed by atoms with van der Waals surface area (Å²) in [6.07, 6.45) is 6.70. The van der Waals surface area contributed by atoms with E-state index in [0.29, 0.717) is 11.9 Å². The lowest BCUT2D eigenvalue weighted by Crippen LogP contribution is -2.09. The van der Waals surface area contributed by atoms with Crippen LogP contribution in [0.15, 0.2) is 36.9 Å². The average molecular weight is 248 g/mol. The quantitative estimate of drug-likeness (QED) is 0.673. The second-order valence-corrected chi connectivity index (χ2v) is 3.44. The molecule has 3 rings (SSSR count). The van der Waals surface area contributed by atoms with Gasteiger partial charge in [-0.25, -0.2) is 9.36 Å². The second-order valence-electron chi connectivity index (χ2n) is 3.11. The van der Waals surface area contributed by atoms with Gasteiger partial charge in [-0.3, -0.25) is 0 Å². The largest absolute Gasteiger partial charge is 0.256 e. The van der Waals surface area contributed by atoms with Crippen LogP contribution in [0.1, 0.15) is 0 Å². The zero-order valence-corrected chi connectivity index (χ0v) is 9.23. The highest BCUT2D eigenvalue weighted by atomic mass is 35.5. The molecule has 0 unspecified atom stereocenters. The van der Waals surface area contributed by atoms with Crippen LogP contribution in [0.3, 0.4) is 0 Å². The van der Waals surface area contributed by atoms with Gasteiger partial charge < -0.3 is 0 Å². The SMILES string of the molecule is Clc1nc(-n2cccn2)nc(-n2cccn2)n1. The molecule has 7 nitrogen and oxygen atoms in total. The van der Waals surface area contributed by atoms with Crippen LogP contribution < -0.4 is 0 Å². The topological polar surface area (TPSA) is 74.3 Å². The predicted molar refractivity (Wildman–Crippen MR) is 59.1 cm³/mol. The third kappa shape index (κ3) is 1.87. The molecule has 3 aromatic rings. The number of halogens is 1. The lowest BCUT2D eigenvalue weighted by atomic mass is 10.7. The van der Waals surface area contributed by atoms with Gasteiger partial charge in [-0.05, 0) is 23.7 Å². The van der Waals surface area contributed by atoms with Gasteiger partial charge in [-0.15, -0.1) is 0 Å². The summed E-state index contributed by atoms with van der Waals surface area (Å²) in [7, 11) is 0. The molecule has 0 saturated heterocycles. The van der Waals surface area contributed by atoms with Crippen molar-refractivity contribution in [1.82, 2.24) is 34.5 Å². The molecule has 0 aliphatic carbocycles. The van der Waals surface area contributed by atoms with Crippen LogP contribution in [0.2, 0.25) is 5.28 Å². The maximum Gasteiger partial charge on any atom is 0.256 e. The monoisotopic (exact) mass is 247 g/mol.